The zero-order valence-corrected chi connectivity index (χ0v) is 18.1. The van der Waals surface area contributed by atoms with Crippen LogP contribution in [0.25, 0.3) is 5.70 Å². The molecule has 0 amide bonds. The quantitative estimate of drug-likeness (QED) is 0.564. The van der Waals surface area contributed by atoms with Crippen molar-refractivity contribution in [2.75, 3.05) is 41.1 Å². The van der Waals surface area contributed by atoms with E-state index in [9.17, 15) is 9.59 Å². The van der Waals surface area contributed by atoms with Crippen LogP contribution in [0.5, 0.6) is 17.2 Å². The monoisotopic (exact) mass is 421 g/mol. The highest BCUT2D eigenvalue weighted by atomic mass is 32.1. The fourth-order valence-electron chi connectivity index (χ4n) is 3.05. The van der Waals surface area contributed by atoms with Crippen LogP contribution >= 0.6 is 12.2 Å². The molecule has 29 heavy (non-hydrogen) atoms. The Morgan fingerprint density at radius 1 is 1.07 bits per heavy atom. The summed E-state index contributed by atoms with van der Waals surface area (Å²) in [6.07, 6.45) is 3.08. The molecule has 0 atom stereocenters. The molecule has 0 aliphatic carbocycles. The van der Waals surface area contributed by atoms with Crippen LogP contribution in [-0.2, 0) is 14.3 Å². The van der Waals surface area contributed by atoms with E-state index in [1.165, 1.54) is 27.4 Å². The highest BCUT2D eigenvalue weighted by Gasteiger charge is 2.26. The number of hydrogen-bond acceptors (Lipinski definition) is 7. The van der Waals surface area contributed by atoms with E-state index < -0.39 is 0 Å². The molecule has 158 valence electrons. The second-order valence-electron chi connectivity index (χ2n) is 6.41. The third kappa shape index (κ3) is 5.77. The summed E-state index contributed by atoms with van der Waals surface area (Å²) in [5.74, 6) is 1.28. The van der Waals surface area contributed by atoms with Crippen LogP contribution in [0, 0.1) is 0 Å². The fraction of sp³-hybridized carbons (Fsp3) is 0.476. The Morgan fingerprint density at radius 2 is 1.72 bits per heavy atom. The number of benzene rings is 1. The molecule has 0 spiro atoms. The molecule has 7 nitrogen and oxygen atoms in total. The van der Waals surface area contributed by atoms with E-state index in [1.54, 1.807) is 17.0 Å². The van der Waals surface area contributed by atoms with Gasteiger partial charge in [0.05, 0.1) is 38.6 Å². The Hall–Kier alpha value is -2.45. The summed E-state index contributed by atoms with van der Waals surface area (Å²) < 4.78 is 21.5. The molecule has 0 unspecified atom stereocenters. The number of methoxy groups -OCH3 is 3. The maximum absolute atomic E-state index is 12.5. The molecular formula is C21H27NO6S. The maximum Gasteiger partial charge on any atom is 0.178 e. The van der Waals surface area contributed by atoms with Gasteiger partial charge in [0.1, 0.15) is 12.4 Å². The van der Waals surface area contributed by atoms with Crippen molar-refractivity contribution in [3.05, 3.63) is 23.8 Å². The molecule has 1 aromatic carbocycles. The standard InChI is InChI=1S/C21H27NO6S/c1-5-28-13-15(24)12-22-17(9-14(23)7-6-8-21(22)29)16-10-19(26-3)20(27-4)11-18(16)25-2/h9-11H,5-8,12-13H2,1-4H3. The summed E-state index contributed by atoms with van der Waals surface area (Å²) in [4.78, 5) is 27.2. The van der Waals surface area contributed by atoms with Gasteiger partial charge in [0.25, 0.3) is 0 Å². The lowest BCUT2D eigenvalue weighted by Gasteiger charge is -2.30. The van der Waals surface area contributed by atoms with E-state index in [4.69, 9.17) is 31.2 Å². The van der Waals surface area contributed by atoms with Crippen molar-refractivity contribution >= 4 is 34.5 Å². The Bertz CT molecular complexity index is 805. The SMILES string of the molecule is CCOCC(=O)CN1C(=S)CCCC(=O)C=C1c1cc(OC)c(OC)cc1OC. The van der Waals surface area contributed by atoms with Crippen molar-refractivity contribution in [3.63, 3.8) is 0 Å². The number of carbonyl (C=O) groups is 2. The largest absolute Gasteiger partial charge is 0.496 e. The highest BCUT2D eigenvalue weighted by molar-refractivity contribution is 7.80. The molecule has 1 heterocycles. The topological polar surface area (TPSA) is 74.3 Å². The Morgan fingerprint density at radius 3 is 2.34 bits per heavy atom. The van der Waals surface area contributed by atoms with Crippen LogP contribution in [0.2, 0.25) is 0 Å². The summed E-state index contributed by atoms with van der Waals surface area (Å²) in [7, 11) is 4.59. The van der Waals surface area contributed by atoms with E-state index >= 15 is 0 Å². The lowest BCUT2D eigenvalue weighted by Crippen LogP contribution is -2.36. The zero-order valence-electron chi connectivity index (χ0n) is 17.3. The third-order valence-electron chi connectivity index (χ3n) is 4.49. The van der Waals surface area contributed by atoms with Crippen molar-refractivity contribution in [1.29, 1.82) is 0 Å². The number of carbonyl (C=O) groups excluding carboxylic acids is 2. The van der Waals surface area contributed by atoms with Crippen molar-refractivity contribution < 1.29 is 28.5 Å². The number of allylic oxidation sites excluding steroid dienone is 1. The molecule has 0 saturated heterocycles. The van der Waals surface area contributed by atoms with Crippen LogP contribution in [-0.4, -0.2) is 62.5 Å². The predicted molar refractivity (Wildman–Crippen MR) is 114 cm³/mol. The maximum atomic E-state index is 12.5. The number of Topliss-reactive ketones (excluding diaryl/α,β-unsaturated/α-hetero) is 1. The van der Waals surface area contributed by atoms with Crippen molar-refractivity contribution in [1.82, 2.24) is 4.90 Å². The lowest BCUT2D eigenvalue weighted by molar-refractivity contribution is -0.123. The number of rotatable bonds is 9. The zero-order chi connectivity index (χ0) is 21.4. The molecular weight excluding hydrogens is 394 g/mol. The minimum atomic E-state index is -0.132. The van der Waals surface area contributed by atoms with Gasteiger partial charge < -0.3 is 23.8 Å². The van der Waals surface area contributed by atoms with E-state index in [2.05, 4.69) is 0 Å². The molecule has 0 radical (unpaired) electrons. The average Bonchev–Trinajstić information content (AvgIpc) is 2.72. The number of hydrogen-bond donors (Lipinski definition) is 0. The van der Waals surface area contributed by atoms with Gasteiger partial charge in [0.15, 0.2) is 23.1 Å². The molecule has 2 rings (SSSR count). The van der Waals surface area contributed by atoms with E-state index in [-0.39, 0.29) is 24.7 Å². The van der Waals surface area contributed by atoms with E-state index in [0.29, 0.717) is 59.4 Å². The Labute approximate surface area is 176 Å². The van der Waals surface area contributed by atoms with Gasteiger partial charge in [0, 0.05) is 30.7 Å². The first kappa shape index (κ1) is 22.8. The van der Waals surface area contributed by atoms with Gasteiger partial charge in [-0.05, 0) is 25.8 Å². The van der Waals surface area contributed by atoms with Gasteiger partial charge in [-0.3, -0.25) is 9.59 Å². The van der Waals surface area contributed by atoms with Gasteiger partial charge >= 0.3 is 0 Å². The van der Waals surface area contributed by atoms with Gasteiger partial charge in [-0.25, -0.2) is 0 Å². The van der Waals surface area contributed by atoms with Gasteiger partial charge in [0.2, 0.25) is 0 Å². The molecule has 1 aliphatic rings. The summed E-state index contributed by atoms with van der Waals surface area (Å²) in [5.41, 5.74) is 1.09. The van der Waals surface area contributed by atoms with Crippen molar-refractivity contribution in [3.8, 4) is 17.2 Å². The lowest BCUT2D eigenvalue weighted by atomic mass is 10.0. The first-order valence-electron chi connectivity index (χ1n) is 9.39. The summed E-state index contributed by atoms with van der Waals surface area (Å²) in [5, 5.41) is 0. The first-order valence-corrected chi connectivity index (χ1v) is 9.80. The minimum Gasteiger partial charge on any atom is -0.496 e. The van der Waals surface area contributed by atoms with Crippen molar-refractivity contribution in [2.24, 2.45) is 0 Å². The first-order chi connectivity index (χ1) is 13.9. The molecule has 0 aromatic heterocycles. The number of ether oxygens (including phenoxy) is 4. The van der Waals surface area contributed by atoms with Gasteiger partial charge in [-0.1, -0.05) is 12.2 Å². The van der Waals surface area contributed by atoms with Crippen LogP contribution in [0.4, 0.5) is 0 Å². The van der Waals surface area contributed by atoms with E-state index in [0.717, 1.165) is 0 Å². The average molecular weight is 422 g/mol. The molecule has 0 saturated carbocycles. The molecule has 8 heteroatoms. The van der Waals surface area contributed by atoms with Crippen LogP contribution in [0.1, 0.15) is 31.7 Å². The van der Waals surface area contributed by atoms with Gasteiger partial charge in [-0.2, -0.15) is 0 Å². The second-order valence-corrected chi connectivity index (χ2v) is 6.88. The van der Waals surface area contributed by atoms with Crippen LogP contribution < -0.4 is 14.2 Å². The van der Waals surface area contributed by atoms with Crippen LogP contribution in [0.15, 0.2) is 18.2 Å². The van der Waals surface area contributed by atoms with Crippen LogP contribution in [0.3, 0.4) is 0 Å². The minimum absolute atomic E-state index is 0.00937. The normalized spacial score (nSPS) is 14.8. The molecule has 0 fully saturated rings. The Balaban J connectivity index is 2.58. The molecule has 0 N–H and O–H groups in total. The summed E-state index contributed by atoms with van der Waals surface area (Å²) in [6, 6.07) is 3.41. The van der Waals surface area contributed by atoms with Gasteiger partial charge in [-0.15, -0.1) is 0 Å². The molecule has 0 bridgehead atoms. The summed E-state index contributed by atoms with van der Waals surface area (Å²) >= 11 is 5.59. The predicted octanol–water partition coefficient (Wildman–Crippen LogP) is 3.04. The highest BCUT2D eigenvalue weighted by Crippen LogP contribution is 2.39. The fourth-order valence-corrected chi connectivity index (χ4v) is 3.36. The smallest absolute Gasteiger partial charge is 0.178 e. The Kier molecular flexibility index (Phi) is 8.60. The van der Waals surface area contributed by atoms with Crippen molar-refractivity contribution in [2.45, 2.75) is 26.2 Å². The number of ketones is 2. The molecule has 1 aromatic rings. The molecule has 1 aliphatic heterocycles. The van der Waals surface area contributed by atoms with E-state index in [1.807, 2.05) is 6.92 Å². The second kappa shape index (κ2) is 10.9. The number of thiocarbonyl (C=S) groups is 1. The summed E-state index contributed by atoms with van der Waals surface area (Å²) in [6.45, 7) is 2.27. The third-order valence-corrected chi connectivity index (χ3v) is 4.91. The number of nitrogens with zero attached hydrogens (tertiary/aromatic N) is 1.